The molecule has 0 amide bonds. The minimum atomic E-state index is -3.07. The number of hydrogen-bond acceptors (Lipinski definition) is 11. The van der Waals surface area contributed by atoms with Crippen LogP contribution in [0.2, 0.25) is 5.15 Å². The fourth-order valence-corrected chi connectivity index (χ4v) is 7.46. The molecule has 3 N–H and O–H groups in total. The Morgan fingerprint density at radius 3 is 2.67 bits per heavy atom. The molecule has 1 atom stereocenters. The fourth-order valence-electron chi connectivity index (χ4n) is 5.85. The van der Waals surface area contributed by atoms with Gasteiger partial charge in [-0.2, -0.15) is 5.10 Å². The first-order valence-corrected chi connectivity index (χ1v) is 16.9. The Balaban J connectivity index is 1.23. The molecule has 1 aliphatic heterocycles. The number of nitrogen functional groups attached to an aromatic ring is 1. The number of aromatic nitrogens is 6. The van der Waals surface area contributed by atoms with Crippen LogP contribution in [0, 0.1) is 18.2 Å². The van der Waals surface area contributed by atoms with Crippen LogP contribution in [0.4, 0.5) is 15.9 Å². The van der Waals surface area contributed by atoms with Crippen molar-refractivity contribution in [1.29, 1.82) is 0 Å². The van der Waals surface area contributed by atoms with Gasteiger partial charge in [0.1, 0.15) is 37.9 Å². The Bertz CT molecular complexity index is 1810. The number of nitrogens with two attached hydrogens (primary N) is 1. The van der Waals surface area contributed by atoms with Gasteiger partial charge in [0.15, 0.2) is 5.82 Å². The van der Waals surface area contributed by atoms with Crippen LogP contribution in [0.3, 0.4) is 0 Å². The molecule has 0 bridgehead atoms. The summed E-state index contributed by atoms with van der Waals surface area (Å²) in [6.07, 6.45) is 6.57. The molecule has 0 radical (unpaired) electrons. The van der Waals surface area contributed by atoms with E-state index in [1.165, 1.54) is 18.5 Å². The van der Waals surface area contributed by atoms with E-state index in [0.29, 0.717) is 72.6 Å². The summed E-state index contributed by atoms with van der Waals surface area (Å²) in [5.41, 5.74) is 8.88. The third-order valence-corrected chi connectivity index (χ3v) is 8.94. The standard InChI is InChI=1S/C30H37ClFN9O3S/c1-18(7-9-44-29-26(19(2)39-40(29)4)28-34-8-6-25(33)38-28)37-23-11-24(31)35-13-21(23)27-22(32)10-20(12-36-27)14-41-15-30(3,16-41)17-45(5,42)43/h6,8,10-13,18H,7,9,14-17H2,1-5H3,(H,35,37)(H2,33,34,38)/t18-/m0/s1. The number of halogens is 2. The molecule has 0 aromatic carbocycles. The summed E-state index contributed by atoms with van der Waals surface area (Å²) in [6.45, 7) is 7.86. The summed E-state index contributed by atoms with van der Waals surface area (Å²) in [7, 11) is -1.28. The first-order chi connectivity index (χ1) is 21.2. The topological polar surface area (TPSA) is 154 Å². The molecule has 1 aliphatic rings. The van der Waals surface area contributed by atoms with Gasteiger partial charge in [-0.25, -0.2) is 32.4 Å². The maximum atomic E-state index is 15.4. The smallest absolute Gasteiger partial charge is 0.223 e. The van der Waals surface area contributed by atoms with E-state index in [1.54, 1.807) is 36.3 Å². The van der Waals surface area contributed by atoms with Gasteiger partial charge in [0.05, 0.1) is 18.1 Å². The summed E-state index contributed by atoms with van der Waals surface area (Å²) < 4.78 is 46.7. The van der Waals surface area contributed by atoms with Crippen LogP contribution in [0.1, 0.15) is 31.5 Å². The zero-order chi connectivity index (χ0) is 32.5. The molecule has 0 unspecified atom stereocenters. The van der Waals surface area contributed by atoms with E-state index in [9.17, 15) is 8.42 Å². The number of likely N-dealkylation sites (tertiary alicyclic amines) is 1. The SMILES string of the molecule is Cc1nn(C)c(OCC[C@H](C)Nc2cc(Cl)ncc2-c2ncc(CN3CC(C)(CS(C)(=O)=O)C3)cc2F)c1-c1nccc(N)n1. The van der Waals surface area contributed by atoms with Crippen molar-refractivity contribution in [2.45, 2.75) is 39.8 Å². The van der Waals surface area contributed by atoms with Crippen molar-refractivity contribution < 1.29 is 17.5 Å². The molecule has 5 heterocycles. The third-order valence-electron chi connectivity index (χ3n) is 7.51. The Morgan fingerprint density at radius 2 is 1.98 bits per heavy atom. The Kier molecular flexibility index (Phi) is 9.28. The van der Waals surface area contributed by atoms with Gasteiger partial charge >= 0.3 is 0 Å². The van der Waals surface area contributed by atoms with E-state index >= 15 is 4.39 Å². The molecular formula is C30H37ClFN9O3S. The lowest BCUT2D eigenvalue weighted by Gasteiger charge is -2.47. The molecule has 12 nitrogen and oxygen atoms in total. The molecule has 0 aliphatic carbocycles. The summed E-state index contributed by atoms with van der Waals surface area (Å²) in [5.74, 6) is 0.966. The van der Waals surface area contributed by atoms with E-state index in [-0.39, 0.29) is 28.1 Å². The highest BCUT2D eigenvalue weighted by Gasteiger charge is 2.41. The predicted molar refractivity (Wildman–Crippen MR) is 172 cm³/mol. The molecule has 0 saturated carbocycles. The van der Waals surface area contributed by atoms with Crippen LogP contribution >= 0.6 is 11.6 Å². The highest BCUT2D eigenvalue weighted by molar-refractivity contribution is 7.90. The molecule has 45 heavy (non-hydrogen) atoms. The predicted octanol–water partition coefficient (Wildman–Crippen LogP) is 4.15. The van der Waals surface area contributed by atoms with Gasteiger partial charge in [0.2, 0.25) is 5.88 Å². The number of hydrogen-bond donors (Lipinski definition) is 2. The van der Waals surface area contributed by atoms with Crippen molar-refractivity contribution in [2.24, 2.45) is 12.5 Å². The summed E-state index contributed by atoms with van der Waals surface area (Å²) in [4.78, 5) is 19.3. The van der Waals surface area contributed by atoms with Crippen LogP contribution in [-0.2, 0) is 23.4 Å². The summed E-state index contributed by atoms with van der Waals surface area (Å²) in [5, 5.41) is 8.12. The van der Waals surface area contributed by atoms with Crippen LogP contribution in [0.25, 0.3) is 22.6 Å². The Labute approximate surface area is 267 Å². The molecule has 5 rings (SSSR count). The number of anilines is 2. The zero-order valence-corrected chi connectivity index (χ0v) is 27.5. The second-order valence-electron chi connectivity index (χ2n) is 12.1. The fraction of sp³-hybridized carbons (Fsp3) is 0.433. The van der Waals surface area contributed by atoms with Crippen molar-refractivity contribution in [3.05, 3.63) is 59.0 Å². The lowest BCUT2D eigenvalue weighted by Crippen LogP contribution is -2.56. The highest BCUT2D eigenvalue weighted by atomic mass is 35.5. The minimum absolute atomic E-state index is 0.0985. The van der Waals surface area contributed by atoms with Gasteiger partial charge in [-0.3, -0.25) is 9.88 Å². The molecule has 1 fully saturated rings. The first kappa shape index (κ1) is 32.5. The first-order valence-electron chi connectivity index (χ1n) is 14.4. The lowest BCUT2D eigenvalue weighted by atomic mass is 9.84. The van der Waals surface area contributed by atoms with E-state index in [1.807, 2.05) is 20.8 Å². The van der Waals surface area contributed by atoms with Gasteiger partial charge in [-0.1, -0.05) is 18.5 Å². The van der Waals surface area contributed by atoms with E-state index < -0.39 is 15.7 Å². The maximum Gasteiger partial charge on any atom is 0.223 e. The van der Waals surface area contributed by atoms with Crippen LogP contribution in [-0.4, -0.2) is 80.8 Å². The largest absolute Gasteiger partial charge is 0.477 e. The monoisotopic (exact) mass is 657 g/mol. The number of nitrogens with zero attached hydrogens (tertiary/aromatic N) is 7. The molecule has 4 aromatic heterocycles. The van der Waals surface area contributed by atoms with Crippen molar-refractivity contribution >= 4 is 32.9 Å². The van der Waals surface area contributed by atoms with Crippen LogP contribution in [0.15, 0.2) is 36.8 Å². The zero-order valence-electron chi connectivity index (χ0n) is 25.9. The quantitative estimate of drug-likeness (QED) is 0.211. The van der Waals surface area contributed by atoms with Gasteiger partial charge in [-0.05, 0) is 37.6 Å². The summed E-state index contributed by atoms with van der Waals surface area (Å²) >= 11 is 6.22. The number of ether oxygens (including phenoxy) is 1. The molecule has 15 heteroatoms. The average Bonchev–Trinajstić information content (AvgIpc) is 3.20. The summed E-state index contributed by atoms with van der Waals surface area (Å²) in [6, 6.07) is 4.62. The molecular weight excluding hydrogens is 621 g/mol. The van der Waals surface area contributed by atoms with Crippen LogP contribution < -0.4 is 15.8 Å². The molecule has 1 saturated heterocycles. The Hall–Kier alpha value is -3.88. The number of rotatable bonds is 12. The molecule has 240 valence electrons. The van der Waals surface area contributed by atoms with E-state index in [4.69, 9.17) is 22.1 Å². The van der Waals surface area contributed by atoms with E-state index in [0.717, 1.165) is 5.69 Å². The average molecular weight is 658 g/mol. The lowest BCUT2D eigenvalue weighted by molar-refractivity contribution is 0.0267. The molecule has 0 spiro atoms. The van der Waals surface area contributed by atoms with Crippen molar-refractivity contribution in [3.8, 4) is 28.5 Å². The number of nitrogens with one attached hydrogen (secondary N) is 1. The van der Waals surface area contributed by atoms with Crippen LogP contribution in [0.5, 0.6) is 5.88 Å². The van der Waals surface area contributed by atoms with Gasteiger partial charge in [0, 0.05) is 80.7 Å². The van der Waals surface area contributed by atoms with Gasteiger partial charge in [0.25, 0.3) is 0 Å². The second kappa shape index (κ2) is 12.9. The van der Waals surface area contributed by atoms with Gasteiger partial charge < -0.3 is 15.8 Å². The van der Waals surface area contributed by atoms with E-state index in [2.05, 4.69) is 35.3 Å². The normalized spacial score (nSPS) is 15.4. The van der Waals surface area contributed by atoms with Crippen molar-refractivity contribution in [2.75, 3.05) is 42.8 Å². The minimum Gasteiger partial charge on any atom is -0.477 e. The number of pyridine rings is 2. The highest BCUT2D eigenvalue weighted by Crippen LogP contribution is 2.35. The molecule has 4 aromatic rings. The number of sulfone groups is 1. The van der Waals surface area contributed by atoms with Gasteiger partial charge in [-0.15, -0.1) is 0 Å². The Morgan fingerprint density at radius 1 is 1.22 bits per heavy atom. The maximum absolute atomic E-state index is 15.4. The number of aryl methyl sites for hydroxylation is 2. The van der Waals surface area contributed by atoms with Crippen molar-refractivity contribution in [1.82, 2.24) is 34.6 Å². The van der Waals surface area contributed by atoms with Crippen molar-refractivity contribution in [3.63, 3.8) is 0 Å². The second-order valence-corrected chi connectivity index (χ2v) is 14.7. The third kappa shape index (κ3) is 7.86.